The molecule has 4 nitrogen and oxygen atoms in total. The third-order valence-electron chi connectivity index (χ3n) is 4.78. The minimum atomic E-state index is -0.138. The van der Waals surface area contributed by atoms with Crippen LogP contribution in [0.5, 0.6) is 0 Å². The first kappa shape index (κ1) is 14.4. The first-order chi connectivity index (χ1) is 10.1. The summed E-state index contributed by atoms with van der Waals surface area (Å²) in [6.07, 6.45) is 6.57. The number of nitrogens with one attached hydrogen (secondary N) is 3. The summed E-state index contributed by atoms with van der Waals surface area (Å²) in [5.74, 6) is 0.869. The minimum Gasteiger partial charge on any atom is -0.307 e. The van der Waals surface area contributed by atoms with Crippen molar-refractivity contribution < 1.29 is 0 Å². The summed E-state index contributed by atoms with van der Waals surface area (Å²) >= 11 is 0. The summed E-state index contributed by atoms with van der Waals surface area (Å²) in [5.41, 5.74) is 2.86. The number of rotatable bonds is 3. The Balaban J connectivity index is 1.70. The molecule has 0 bridgehead atoms. The second kappa shape index (κ2) is 6.06. The van der Waals surface area contributed by atoms with Crippen LogP contribution >= 0.6 is 0 Å². The standard InChI is InChI=1S/C17H25N3O/c1-11-4-3-5-14(8-6-11)18-12(2)13-7-9-15-16(10-13)20-17(21)19-15/h7,9-12,14,18H,3-6,8H2,1-2H3,(H2,19,20,21). The number of H-pyrrole nitrogens is 2. The summed E-state index contributed by atoms with van der Waals surface area (Å²) in [6.45, 7) is 4.57. The van der Waals surface area contributed by atoms with E-state index in [2.05, 4.69) is 41.3 Å². The average Bonchev–Trinajstić information content (AvgIpc) is 2.71. The van der Waals surface area contributed by atoms with Crippen LogP contribution in [0.25, 0.3) is 11.0 Å². The van der Waals surface area contributed by atoms with Crippen molar-refractivity contribution in [3.05, 3.63) is 34.2 Å². The van der Waals surface area contributed by atoms with Gasteiger partial charge in [0, 0.05) is 12.1 Å². The highest BCUT2D eigenvalue weighted by atomic mass is 16.1. The van der Waals surface area contributed by atoms with E-state index in [1.807, 2.05) is 6.07 Å². The second-order valence-corrected chi connectivity index (χ2v) is 6.58. The predicted molar refractivity (Wildman–Crippen MR) is 86.5 cm³/mol. The first-order valence-corrected chi connectivity index (χ1v) is 8.10. The van der Waals surface area contributed by atoms with E-state index in [-0.39, 0.29) is 5.69 Å². The third kappa shape index (κ3) is 3.38. The topological polar surface area (TPSA) is 60.7 Å². The van der Waals surface area contributed by atoms with Gasteiger partial charge in [-0.1, -0.05) is 25.8 Å². The SMILES string of the molecule is CC1CCCC(NC(C)c2ccc3[nH]c(=O)[nH]c3c2)CC1. The Labute approximate surface area is 125 Å². The molecule has 0 spiro atoms. The summed E-state index contributed by atoms with van der Waals surface area (Å²) in [7, 11) is 0. The zero-order valence-electron chi connectivity index (χ0n) is 12.9. The van der Waals surface area contributed by atoms with E-state index in [0.29, 0.717) is 12.1 Å². The lowest BCUT2D eigenvalue weighted by Gasteiger charge is -2.22. The molecule has 0 saturated heterocycles. The highest BCUT2D eigenvalue weighted by molar-refractivity contribution is 5.75. The molecule has 1 aliphatic carbocycles. The lowest BCUT2D eigenvalue weighted by molar-refractivity contribution is 0.408. The van der Waals surface area contributed by atoms with Crippen LogP contribution in [0.1, 0.15) is 57.6 Å². The average molecular weight is 287 g/mol. The van der Waals surface area contributed by atoms with Gasteiger partial charge in [0.15, 0.2) is 0 Å². The molecule has 114 valence electrons. The predicted octanol–water partition coefficient (Wildman–Crippen LogP) is 3.48. The molecule has 0 radical (unpaired) electrons. The molecule has 2 aromatic rings. The zero-order valence-corrected chi connectivity index (χ0v) is 12.9. The Morgan fingerprint density at radius 2 is 1.95 bits per heavy atom. The number of hydrogen-bond acceptors (Lipinski definition) is 2. The van der Waals surface area contributed by atoms with Crippen molar-refractivity contribution in [1.29, 1.82) is 0 Å². The van der Waals surface area contributed by atoms with Gasteiger partial charge in [0.2, 0.25) is 0 Å². The van der Waals surface area contributed by atoms with Crippen LogP contribution in [0.15, 0.2) is 23.0 Å². The molecule has 1 saturated carbocycles. The summed E-state index contributed by atoms with van der Waals surface area (Å²) < 4.78 is 0. The molecule has 1 fully saturated rings. The van der Waals surface area contributed by atoms with Crippen LogP contribution in [0.4, 0.5) is 0 Å². The molecular formula is C17H25N3O. The van der Waals surface area contributed by atoms with Crippen LogP contribution in [-0.4, -0.2) is 16.0 Å². The highest BCUT2D eigenvalue weighted by Crippen LogP contribution is 2.25. The van der Waals surface area contributed by atoms with Gasteiger partial charge in [-0.25, -0.2) is 4.79 Å². The maximum Gasteiger partial charge on any atom is 0.323 e. The Hall–Kier alpha value is -1.55. The monoisotopic (exact) mass is 287 g/mol. The fraction of sp³-hybridized carbons (Fsp3) is 0.588. The summed E-state index contributed by atoms with van der Waals surface area (Å²) in [6, 6.07) is 7.08. The molecule has 1 aromatic heterocycles. The van der Waals surface area contributed by atoms with Crippen molar-refractivity contribution in [3.8, 4) is 0 Å². The second-order valence-electron chi connectivity index (χ2n) is 6.58. The Morgan fingerprint density at radius 1 is 1.14 bits per heavy atom. The maximum atomic E-state index is 11.3. The smallest absolute Gasteiger partial charge is 0.307 e. The summed E-state index contributed by atoms with van der Waals surface area (Å²) in [5, 5.41) is 3.76. The van der Waals surface area contributed by atoms with E-state index in [1.54, 1.807) is 0 Å². The van der Waals surface area contributed by atoms with Gasteiger partial charge in [-0.3, -0.25) is 0 Å². The number of aromatic amines is 2. The molecule has 21 heavy (non-hydrogen) atoms. The Morgan fingerprint density at radius 3 is 2.81 bits per heavy atom. The molecule has 1 aliphatic rings. The van der Waals surface area contributed by atoms with Crippen molar-refractivity contribution in [2.45, 2.75) is 58.0 Å². The lowest BCUT2D eigenvalue weighted by atomic mass is 10.0. The van der Waals surface area contributed by atoms with E-state index in [9.17, 15) is 4.79 Å². The molecule has 3 rings (SSSR count). The molecule has 0 amide bonds. The van der Waals surface area contributed by atoms with Crippen LogP contribution in [0.2, 0.25) is 0 Å². The quantitative estimate of drug-likeness (QED) is 0.757. The van der Waals surface area contributed by atoms with Gasteiger partial charge in [0.1, 0.15) is 0 Å². The van der Waals surface area contributed by atoms with E-state index in [1.165, 1.54) is 37.7 Å². The molecule has 1 aromatic carbocycles. The van der Waals surface area contributed by atoms with E-state index in [4.69, 9.17) is 0 Å². The molecule has 0 aliphatic heterocycles. The Kier molecular flexibility index (Phi) is 4.15. The minimum absolute atomic E-state index is 0.138. The van der Waals surface area contributed by atoms with Crippen molar-refractivity contribution in [1.82, 2.24) is 15.3 Å². The van der Waals surface area contributed by atoms with E-state index >= 15 is 0 Å². The maximum absolute atomic E-state index is 11.3. The third-order valence-corrected chi connectivity index (χ3v) is 4.78. The first-order valence-electron chi connectivity index (χ1n) is 8.10. The number of aromatic nitrogens is 2. The van der Waals surface area contributed by atoms with Gasteiger partial charge in [-0.15, -0.1) is 0 Å². The summed E-state index contributed by atoms with van der Waals surface area (Å²) in [4.78, 5) is 17.0. The van der Waals surface area contributed by atoms with Crippen LogP contribution in [0, 0.1) is 5.92 Å². The molecule has 3 atom stereocenters. The van der Waals surface area contributed by atoms with Gasteiger partial charge in [-0.2, -0.15) is 0 Å². The lowest BCUT2D eigenvalue weighted by Crippen LogP contribution is -2.31. The normalized spacial score (nSPS) is 24.9. The molecule has 3 N–H and O–H groups in total. The largest absolute Gasteiger partial charge is 0.323 e. The van der Waals surface area contributed by atoms with Gasteiger partial charge in [0.25, 0.3) is 0 Å². The van der Waals surface area contributed by atoms with Crippen LogP contribution in [0.3, 0.4) is 0 Å². The molecule has 3 unspecified atom stereocenters. The Bertz CT molecular complexity index is 657. The molecular weight excluding hydrogens is 262 g/mol. The molecule has 1 heterocycles. The van der Waals surface area contributed by atoms with Crippen molar-refractivity contribution in [3.63, 3.8) is 0 Å². The van der Waals surface area contributed by atoms with Gasteiger partial charge in [0.05, 0.1) is 11.0 Å². The van der Waals surface area contributed by atoms with Crippen molar-refractivity contribution >= 4 is 11.0 Å². The zero-order chi connectivity index (χ0) is 14.8. The van der Waals surface area contributed by atoms with E-state index in [0.717, 1.165) is 17.0 Å². The number of benzene rings is 1. The van der Waals surface area contributed by atoms with E-state index < -0.39 is 0 Å². The number of imidazole rings is 1. The fourth-order valence-electron chi connectivity index (χ4n) is 3.42. The van der Waals surface area contributed by atoms with Gasteiger partial charge in [-0.05, 0) is 49.8 Å². The van der Waals surface area contributed by atoms with Crippen LogP contribution < -0.4 is 11.0 Å². The van der Waals surface area contributed by atoms with Gasteiger partial charge < -0.3 is 15.3 Å². The fourth-order valence-corrected chi connectivity index (χ4v) is 3.42. The van der Waals surface area contributed by atoms with Crippen LogP contribution in [-0.2, 0) is 0 Å². The highest BCUT2D eigenvalue weighted by Gasteiger charge is 2.18. The van der Waals surface area contributed by atoms with Gasteiger partial charge >= 0.3 is 5.69 Å². The van der Waals surface area contributed by atoms with Crippen molar-refractivity contribution in [2.24, 2.45) is 5.92 Å². The van der Waals surface area contributed by atoms with Crippen molar-refractivity contribution in [2.75, 3.05) is 0 Å². The number of hydrogen-bond donors (Lipinski definition) is 3. The molecule has 4 heteroatoms. The number of fused-ring (bicyclic) bond motifs is 1.